The lowest BCUT2D eigenvalue weighted by molar-refractivity contribution is -0.0617. The van der Waals surface area contributed by atoms with Crippen molar-refractivity contribution >= 4 is 0 Å². The van der Waals surface area contributed by atoms with Crippen LogP contribution in [0.3, 0.4) is 0 Å². The van der Waals surface area contributed by atoms with Crippen molar-refractivity contribution in [3.63, 3.8) is 0 Å². The summed E-state index contributed by atoms with van der Waals surface area (Å²) in [6.07, 6.45) is 1.53. The second kappa shape index (κ2) is 5.26. The molecule has 0 spiro atoms. The average molecular weight is 208 g/mol. The van der Waals surface area contributed by atoms with Gasteiger partial charge in [-0.2, -0.15) is 0 Å². The smallest absolute Gasteiger partial charge is 0.184 e. The minimum Gasteiger partial charge on any atom is -0.396 e. The Hall–Kier alpha value is -0.900. The Labute approximate surface area is 89.6 Å². The Morgan fingerprint density at radius 1 is 1.27 bits per heavy atom. The molecule has 1 aromatic rings. The van der Waals surface area contributed by atoms with Gasteiger partial charge in [-0.15, -0.1) is 0 Å². The molecule has 1 N–H and O–H groups in total. The molecule has 82 valence electrons. The molecule has 0 unspecified atom stereocenters. The highest BCUT2D eigenvalue weighted by molar-refractivity contribution is 5.16. The molecule has 1 aromatic carbocycles. The van der Waals surface area contributed by atoms with Crippen LogP contribution >= 0.6 is 0 Å². The summed E-state index contributed by atoms with van der Waals surface area (Å²) in [7, 11) is 0. The zero-order valence-corrected chi connectivity index (χ0v) is 8.63. The molecule has 0 bridgehead atoms. The van der Waals surface area contributed by atoms with Crippen molar-refractivity contribution in [1.29, 1.82) is 0 Å². The van der Waals surface area contributed by atoms with E-state index in [0.717, 1.165) is 18.4 Å². The van der Waals surface area contributed by atoms with E-state index in [2.05, 4.69) is 0 Å². The Morgan fingerprint density at radius 3 is 2.80 bits per heavy atom. The predicted molar refractivity (Wildman–Crippen MR) is 56.3 cm³/mol. The quantitative estimate of drug-likeness (QED) is 0.821. The highest BCUT2D eigenvalue weighted by atomic mass is 16.7. The number of hydrogen-bond acceptors (Lipinski definition) is 3. The second-order valence-corrected chi connectivity index (χ2v) is 3.70. The summed E-state index contributed by atoms with van der Waals surface area (Å²) < 4.78 is 11.3. The maximum Gasteiger partial charge on any atom is 0.184 e. The highest BCUT2D eigenvalue weighted by Crippen LogP contribution is 2.28. The maximum absolute atomic E-state index is 8.71. The summed E-state index contributed by atoms with van der Waals surface area (Å²) in [5, 5.41) is 8.71. The van der Waals surface area contributed by atoms with Crippen molar-refractivity contribution in [3.05, 3.63) is 35.9 Å². The molecule has 0 aliphatic carbocycles. The van der Waals surface area contributed by atoms with Gasteiger partial charge in [-0.05, 0) is 12.8 Å². The van der Waals surface area contributed by atoms with Crippen LogP contribution in [0.5, 0.6) is 0 Å². The summed E-state index contributed by atoms with van der Waals surface area (Å²) in [6, 6.07) is 9.92. The first kappa shape index (κ1) is 10.6. The van der Waals surface area contributed by atoms with E-state index in [-0.39, 0.29) is 19.0 Å². The molecule has 1 aliphatic heterocycles. The lowest BCUT2D eigenvalue weighted by atomic mass is 10.2. The Bertz CT molecular complexity index is 286. The van der Waals surface area contributed by atoms with Crippen LogP contribution < -0.4 is 0 Å². The predicted octanol–water partition coefficient (Wildman–Crippen LogP) is 1.87. The van der Waals surface area contributed by atoms with Crippen molar-refractivity contribution in [3.8, 4) is 0 Å². The van der Waals surface area contributed by atoms with E-state index in [1.807, 2.05) is 30.3 Å². The number of aliphatic hydroxyl groups is 1. The van der Waals surface area contributed by atoms with E-state index in [1.165, 1.54) is 0 Å². The highest BCUT2D eigenvalue weighted by Gasteiger charge is 2.26. The fourth-order valence-corrected chi connectivity index (χ4v) is 1.70. The minimum atomic E-state index is -0.227. The number of benzene rings is 1. The van der Waals surface area contributed by atoms with Gasteiger partial charge >= 0.3 is 0 Å². The molecule has 3 nitrogen and oxygen atoms in total. The van der Waals surface area contributed by atoms with E-state index < -0.39 is 0 Å². The molecule has 3 heteroatoms. The first-order chi connectivity index (χ1) is 7.40. The van der Waals surface area contributed by atoms with Crippen LogP contribution in [0.1, 0.15) is 24.7 Å². The number of ether oxygens (including phenoxy) is 2. The first-order valence-corrected chi connectivity index (χ1v) is 5.33. The van der Waals surface area contributed by atoms with Gasteiger partial charge in [0.05, 0.1) is 12.7 Å². The summed E-state index contributed by atoms with van der Waals surface area (Å²) in [5.74, 6) is 0. The second-order valence-electron chi connectivity index (χ2n) is 3.70. The van der Waals surface area contributed by atoms with Crippen LogP contribution in [-0.2, 0) is 9.47 Å². The van der Waals surface area contributed by atoms with Gasteiger partial charge < -0.3 is 14.6 Å². The fraction of sp³-hybridized carbons (Fsp3) is 0.500. The molecule has 1 fully saturated rings. The summed E-state index contributed by atoms with van der Waals surface area (Å²) in [4.78, 5) is 0. The number of hydrogen-bond donors (Lipinski definition) is 1. The zero-order chi connectivity index (χ0) is 10.5. The molecule has 0 saturated carbocycles. The van der Waals surface area contributed by atoms with Crippen LogP contribution in [-0.4, -0.2) is 24.4 Å². The van der Waals surface area contributed by atoms with Gasteiger partial charge in [0.25, 0.3) is 0 Å². The molecular weight excluding hydrogens is 192 g/mol. The molecule has 1 aliphatic rings. The van der Waals surface area contributed by atoms with Gasteiger partial charge in [0, 0.05) is 12.2 Å². The molecule has 0 aromatic heterocycles. The maximum atomic E-state index is 8.71. The van der Waals surface area contributed by atoms with Crippen LogP contribution in [0.4, 0.5) is 0 Å². The topological polar surface area (TPSA) is 38.7 Å². The lowest BCUT2D eigenvalue weighted by Crippen LogP contribution is -2.10. The van der Waals surface area contributed by atoms with E-state index in [9.17, 15) is 0 Å². The van der Waals surface area contributed by atoms with Crippen molar-refractivity contribution in [1.82, 2.24) is 0 Å². The number of rotatable bonds is 4. The third-order valence-corrected chi connectivity index (χ3v) is 2.51. The van der Waals surface area contributed by atoms with Gasteiger partial charge in [-0.25, -0.2) is 0 Å². The standard InChI is InChI=1S/C12H16O3/c13-8-4-7-11-9-14-12(15-11)10-5-2-1-3-6-10/h1-3,5-6,11-13H,4,7-9H2/t11-,12+/m0/s1. The molecule has 1 heterocycles. The van der Waals surface area contributed by atoms with E-state index in [4.69, 9.17) is 14.6 Å². The van der Waals surface area contributed by atoms with Gasteiger partial charge in [-0.1, -0.05) is 30.3 Å². The zero-order valence-electron chi connectivity index (χ0n) is 8.63. The SMILES string of the molecule is OCCC[C@H]1CO[C@@H](c2ccccc2)O1. The molecule has 0 amide bonds. The Balaban J connectivity index is 1.87. The van der Waals surface area contributed by atoms with Crippen molar-refractivity contribution in [2.24, 2.45) is 0 Å². The molecule has 15 heavy (non-hydrogen) atoms. The third kappa shape index (κ3) is 2.78. The molecule has 2 atom stereocenters. The van der Waals surface area contributed by atoms with Crippen LogP contribution in [0.15, 0.2) is 30.3 Å². The monoisotopic (exact) mass is 208 g/mol. The third-order valence-electron chi connectivity index (χ3n) is 2.51. The lowest BCUT2D eigenvalue weighted by Gasteiger charge is -2.10. The fourth-order valence-electron chi connectivity index (χ4n) is 1.70. The van der Waals surface area contributed by atoms with Crippen LogP contribution in [0.2, 0.25) is 0 Å². The van der Waals surface area contributed by atoms with Gasteiger partial charge in [0.15, 0.2) is 6.29 Å². The summed E-state index contributed by atoms with van der Waals surface area (Å²) in [6.45, 7) is 0.843. The van der Waals surface area contributed by atoms with Gasteiger partial charge in [0.1, 0.15) is 0 Å². The van der Waals surface area contributed by atoms with Crippen molar-refractivity contribution < 1.29 is 14.6 Å². The van der Waals surface area contributed by atoms with E-state index >= 15 is 0 Å². The molecular formula is C12H16O3. The van der Waals surface area contributed by atoms with Crippen LogP contribution in [0.25, 0.3) is 0 Å². The average Bonchev–Trinajstić information content (AvgIpc) is 2.76. The van der Waals surface area contributed by atoms with Gasteiger partial charge in [0.2, 0.25) is 0 Å². The Morgan fingerprint density at radius 2 is 2.07 bits per heavy atom. The van der Waals surface area contributed by atoms with Crippen LogP contribution in [0, 0.1) is 0 Å². The number of aliphatic hydroxyl groups excluding tert-OH is 1. The van der Waals surface area contributed by atoms with Gasteiger partial charge in [-0.3, -0.25) is 0 Å². The molecule has 2 rings (SSSR count). The normalized spacial score (nSPS) is 25.7. The Kier molecular flexibility index (Phi) is 3.72. The molecule has 1 saturated heterocycles. The van der Waals surface area contributed by atoms with E-state index in [1.54, 1.807) is 0 Å². The largest absolute Gasteiger partial charge is 0.396 e. The minimum absolute atomic E-state index is 0.127. The summed E-state index contributed by atoms with van der Waals surface area (Å²) >= 11 is 0. The summed E-state index contributed by atoms with van der Waals surface area (Å²) in [5.41, 5.74) is 1.06. The van der Waals surface area contributed by atoms with Crippen molar-refractivity contribution in [2.75, 3.05) is 13.2 Å². The van der Waals surface area contributed by atoms with E-state index in [0.29, 0.717) is 6.61 Å². The molecule has 0 radical (unpaired) electrons. The van der Waals surface area contributed by atoms with Crippen molar-refractivity contribution in [2.45, 2.75) is 25.2 Å². The first-order valence-electron chi connectivity index (χ1n) is 5.33.